The Bertz CT molecular complexity index is 1570. The lowest BCUT2D eigenvalue weighted by atomic mass is 10.2. The smallest absolute Gasteiger partial charge is 0.282 e. The van der Waals surface area contributed by atoms with E-state index in [0.717, 1.165) is 5.39 Å². The Morgan fingerprint density at radius 3 is 2.45 bits per heavy atom. The highest BCUT2D eigenvalue weighted by Crippen LogP contribution is 2.36. The molecule has 12 nitrogen and oxygen atoms in total. The van der Waals surface area contributed by atoms with Crippen LogP contribution < -0.4 is 24.3 Å². The quantitative estimate of drug-likeness (QED) is 0.307. The summed E-state index contributed by atoms with van der Waals surface area (Å²) >= 11 is 0. The molecule has 1 aromatic carbocycles. The van der Waals surface area contributed by atoms with Gasteiger partial charge >= 0.3 is 0 Å². The molecule has 0 unspecified atom stereocenters. The summed E-state index contributed by atoms with van der Waals surface area (Å²) in [5, 5.41) is 7.72. The summed E-state index contributed by atoms with van der Waals surface area (Å²) in [6.45, 7) is 2.19. The van der Waals surface area contributed by atoms with Crippen molar-refractivity contribution in [3.8, 4) is 34.4 Å². The van der Waals surface area contributed by atoms with Crippen molar-refractivity contribution in [1.82, 2.24) is 29.7 Å². The van der Waals surface area contributed by atoms with Gasteiger partial charge < -0.3 is 18.9 Å². The fourth-order valence-electron chi connectivity index (χ4n) is 3.66. The van der Waals surface area contributed by atoms with Crippen LogP contribution >= 0.6 is 0 Å². The molecule has 12 heteroatoms. The predicted molar refractivity (Wildman–Crippen MR) is 137 cm³/mol. The van der Waals surface area contributed by atoms with Crippen molar-refractivity contribution in [3.05, 3.63) is 73.2 Å². The normalized spacial score (nSPS) is 10.7. The van der Waals surface area contributed by atoms with E-state index in [4.69, 9.17) is 18.9 Å². The predicted octanol–water partition coefficient (Wildman–Crippen LogP) is 4.07. The largest absolute Gasteiger partial charge is 0.493 e. The third-order valence-electron chi connectivity index (χ3n) is 5.39. The first kappa shape index (κ1) is 24.4. The van der Waals surface area contributed by atoms with Crippen LogP contribution in [0.2, 0.25) is 0 Å². The number of ether oxygens (including phenoxy) is 4. The Morgan fingerprint density at radius 2 is 1.74 bits per heavy atom. The monoisotopic (exact) mass is 513 g/mol. The summed E-state index contributed by atoms with van der Waals surface area (Å²) in [6, 6.07) is 8.86. The van der Waals surface area contributed by atoms with Gasteiger partial charge in [0.1, 0.15) is 5.75 Å². The summed E-state index contributed by atoms with van der Waals surface area (Å²) < 4.78 is 23.9. The third kappa shape index (κ3) is 5.00. The number of carbonyl (C=O) groups is 1. The number of carbonyl (C=O) groups excluding carboxylic acids is 1. The van der Waals surface area contributed by atoms with Gasteiger partial charge in [-0.1, -0.05) is 0 Å². The van der Waals surface area contributed by atoms with Crippen molar-refractivity contribution in [2.75, 3.05) is 26.1 Å². The summed E-state index contributed by atoms with van der Waals surface area (Å²) in [6.07, 6.45) is 9.43. The molecule has 0 saturated heterocycles. The number of aromatic nitrogens is 6. The van der Waals surface area contributed by atoms with Crippen molar-refractivity contribution in [2.45, 2.75) is 6.92 Å². The third-order valence-corrected chi connectivity index (χ3v) is 5.39. The van der Waals surface area contributed by atoms with Crippen LogP contribution in [-0.4, -0.2) is 56.5 Å². The molecule has 0 spiro atoms. The lowest BCUT2D eigenvalue weighted by Gasteiger charge is -2.12. The minimum Gasteiger partial charge on any atom is -0.493 e. The van der Waals surface area contributed by atoms with Gasteiger partial charge in [-0.25, -0.2) is 14.6 Å². The molecular weight excluding hydrogens is 490 g/mol. The first-order chi connectivity index (χ1) is 18.6. The van der Waals surface area contributed by atoms with Gasteiger partial charge in [0, 0.05) is 23.8 Å². The van der Waals surface area contributed by atoms with Gasteiger partial charge in [-0.05, 0) is 31.2 Å². The van der Waals surface area contributed by atoms with Crippen molar-refractivity contribution in [2.24, 2.45) is 0 Å². The molecule has 5 rings (SSSR count). The minimum atomic E-state index is -0.522. The first-order valence-corrected chi connectivity index (χ1v) is 11.5. The van der Waals surface area contributed by atoms with Gasteiger partial charge in [-0.2, -0.15) is 5.10 Å². The maximum absolute atomic E-state index is 13.0. The highest BCUT2D eigenvalue weighted by atomic mass is 16.5. The molecule has 5 aromatic rings. The second-order valence-corrected chi connectivity index (χ2v) is 7.76. The second kappa shape index (κ2) is 10.8. The number of rotatable bonds is 9. The molecule has 0 bridgehead atoms. The summed E-state index contributed by atoms with van der Waals surface area (Å²) in [5.74, 6) is 1.87. The van der Waals surface area contributed by atoms with E-state index in [1.807, 2.05) is 13.0 Å². The van der Waals surface area contributed by atoms with Crippen LogP contribution in [0, 0.1) is 0 Å². The number of fused-ring (bicyclic) bond motifs is 1. The van der Waals surface area contributed by atoms with Crippen LogP contribution in [0.3, 0.4) is 0 Å². The van der Waals surface area contributed by atoms with Crippen LogP contribution in [0.1, 0.15) is 17.4 Å². The Kier molecular flexibility index (Phi) is 6.93. The molecule has 0 aliphatic rings. The molecule has 4 aromatic heterocycles. The number of nitrogens with zero attached hydrogens (tertiary/aromatic N) is 6. The van der Waals surface area contributed by atoms with E-state index in [1.54, 1.807) is 63.3 Å². The zero-order valence-electron chi connectivity index (χ0n) is 20.8. The van der Waals surface area contributed by atoms with Gasteiger partial charge in [0.25, 0.3) is 5.91 Å². The summed E-state index contributed by atoms with van der Waals surface area (Å²) in [7, 11) is 3.12. The van der Waals surface area contributed by atoms with Crippen molar-refractivity contribution in [3.63, 3.8) is 0 Å². The number of amides is 1. The number of nitrogens with one attached hydrogen (secondary N) is 1. The van der Waals surface area contributed by atoms with E-state index < -0.39 is 5.91 Å². The molecule has 0 saturated carbocycles. The standard InChI is InChI=1S/C26H23N7O5/c1-4-37-23-15-33(16-6-5-8-27-12-16)32-24(23)25(34)31-26-29-13-17(14-30-26)38-20-7-9-28-19-11-22(36-3)21(35-2)10-18(19)20/h5-15H,4H2,1-3H3,(H,29,30,31,34). The zero-order valence-corrected chi connectivity index (χ0v) is 20.8. The van der Waals surface area contributed by atoms with Crippen LogP contribution in [0.5, 0.6) is 28.7 Å². The van der Waals surface area contributed by atoms with E-state index in [0.29, 0.717) is 46.6 Å². The van der Waals surface area contributed by atoms with E-state index >= 15 is 0 Å². The average Bonchev–Trinajstić information content (AvgIpc) is 3.38. The molecule has 0 radical (unpaired) electrons. The summed E-state index contributed by atoms with van der Waals surface area (Å²) in [4.78, 5) is 29.8. The van der Waals surface area contributed by atoms with Gasteiger partial charge in [-0.15, -0.1) is 0 Å². The molecule has 1 N–H and O–H groups in total. The average molecular weight is 514 g/mol. The number of hydrogen-bond donors (Lipinski definition) is 1. The van der Waals surface area contributed by atoms with E-state index in [1.165, 1.54) is 17.1 Å². The van der Waals surface area contributed by atoms with Gasteiger partial charge in [0.15, 0.2) is 28.7 Å². The van der Waals surface area contributed by atoms with E-state index in [-0.39, 0.29) is 11.6 Å². The van der Waals surface area contributed by atoms with Crippen LogP contribution in [0.15, 0.2) is 67.5 Å². The fraction of sp³-hybridized carbons (Fsp3) is 0.154. The van der Waals surface area contributed by atoms with Crippen molar-refractivity contribution in [1.29, 1.82) is 0 Å². The Balaban J connectivity index is 1.34. The molecule has 0 aliphatic heterocycles. The molecule has 0 fully saturated rings. The van der Waals surface area contributed by atoms with E-state index in [9.17, 15) is 4.79 Å². The highest BCUT2D eigenvalue weighted by Gasteiger charge is 2.20. The number of hydrogen-bond acceptors (Lipinski definition) is 10. The Labute approximate surface area is 217 Å². The number of methoxy groups -OCH3 is 2. The van der Waals surface area contributed by atoms with Gasteiger partial charge in [0.05, 0.1) is 56.8 Å². The summed E-state index contributed by atoms with van der Waals surface area (Å²) in [5.41, 5.74) is 1.44. The van der Waals surface area contributed by atoms with Gasteiger partial charge in [0.2, 0.25) is 5.95 Å². The topological polar surface area (TPSA) is 135 Å². The fourth-order valence-corrected chi connectivity index (χ4v) is 3.66. The maximum Gasteiger partial charge on any atom is 0.282 e. The van der Waals surface area contributed by atoms with Crippen LogP contribution in [-0.2, 0) is 0 Å². The SMILES string of the molecule is CCOc1cn(-c2cccnc2)nc1C(=O)Nc1ncc(Oc2ccnc3cc(OC)c(OC)cc23)cn1. The number of anilines is 1. The lowest BCUT2D eigenvalue weighted by Crippen LogP contribution is -2.16. The molecular formula is C26H23N7O5. The van der Waals surface area contributed by atoms with Crippen molar-refractivity contribution < 1.29 is 23.7 Å². The number of benzene rings is 1. The number of pyridine rings is 2. The van der Waals surface area contributed by atoms with Crippen LogP contribution in [0.25, 0.3) is 16.6 Å². The molecule has 0 aliphatic carbocycles. The van der Waals surface area contributed by atoms with Gasteiger partial charge in [-0.3, -0.25) is 20.1 Å². The molecule has 0 atom stereocenters. The molecule has 4 heterocycles. The molecule has 1 amide bonds. The molecule has 192 valence electrons. The van der Waals surface area contributed by atoms with E-state index in [2.05, 4.69) is 30.4 Å². The zero-order chi connectivity index (χ0) is 26.5. The van der Waals surface area contributed by atoms with Crippen LogP contribution in [0.4, 0.5) is 5.95 Å². The molecule has 38 heavy (non-hydrogen) atoms. The lowest BCUT2D eigenvalue weighted by molar-refractivity contribution is 0.101. The Morgan fingerprint density at radius 1 is 0.947 bits per heavy atom. The highest BCUT2D eigenvalue weighted by molar-refractivity contribution is 6.03. The first-order valence-electron chi connectivity index (χ1n) is 11.5. The van der Waals surface area contributed by atoms with Crippen molar-refractivity contribution >= 4 is 22.8 Å². The Hall–Kier alpha value is -5.26. The minimum absolute atomic E-state index is 0.0757. The second-order valence-electron chi connectivity index (χ2n) is 7.76. The maximum atomic E-state index is 13.0.